The van der Waals surface area contributed by atoms with E-state index in [9.17, 15) is 5.26 Å². The van der Waals surface area contributed by atoms with E-state index in [1.165, 1.54) is 5.56 Å². The van der Waals surface area contributed by atoms with Gasteiger partial charge in [-0.3, -0.25) is 0 Å². The molecule has 1 fully saturated rings. The average Bonchev–Trinajstić information content (AvgIpc) is 2.59. The lowest BCUT2D eigenvalue weighted by molar-refractivity contribution is 0.0218. The van der Waals surface area contributed by atoms with Crippen molar-refractivity contribution in [3.63, 3.8) is 0 Å². The van der Waals surface area contributed by atoms with Gasteiger partial charge in [0, 0.05) is 20.6 Å². The molecule has 0 aromatic heterocycles. The minimum atomic E-state index is -0.484. The number of benzene rings is 1. The lowest BCUT2D eigenvalue weighted by Crippen LogP contribution is -2.42. The summed E-state index contributed by atoms with van der Waals surface area (Å²) in [6.45, 7) is 2.99. The summed E-state index contributed by atoms with van der Waals surface area (Å²) in [4.78, 5) is 0. The lowest BCUT2D eigenvalue weighted by atomic mass is 9.88. The molecule has 0 radical (unpaired) electrons. The first kappa shape index (κ1) is 11.1. The highest BCUT2D eigenvalue weighted by atomic mass is 15.6. The van der Waals surface area contributed by atoms with E-state index in [1.54, 1.807) is 0 Å². The van der Waals surface area contributed by atoms with E-state index in [-0.39, 0.29) is 0 Å². The molecule has 0 N–H and O–H groups in total. The molecule has 0 saturated carbocycles. The summed E-state index contributed by atoms with van der Waals surface area (Å²) in [6, 6.07) is 10.7. The molecule has 84 valence electrons. The normalized spacial score (nSPS) is 26.9. The summed E-state index contributed by atoms with van der Waals surface area (Å²) in [6.07, 6.45) is 0.861. The van der Waals surface area contributed by atoms with Crippen molar-refractivity contribution >= 4 is 0 Å². The predicted molar refractivity (Wildman–Crippen MR) is 63.5 cm³/mol. The number of nitriles is 1. The third-order valence-corrected chi connectivity index (χ3v) is 3.58. The molecule has 3 heteroatoms. The van der Waals surface area contributed by atoms with Crippen LogP contribution in [-0.4, -0.2) is 30.7 Å². The SMILES string of the molecule is Cc1ccc(C2(C#N)CCN(C)N2C)cc1. The number of hydrogen-bond acceptors (Lipinski definition) is 3. The van der Waals surface area contributed by atoms with Gasteiger partial charge in [0.25, 0.3) is 0 Å². The Balaban J connectivity index is 2.44. The van der Waals surface area contributed by atoms with Gasteiger partial charge in [-0.15, -0.1) is 0 Å². The topological polar surface area (TPSA) is 30.3 Å². The molecular weight excluding hydrogens is 198 g/mol. The van der Waals surface area contributed by atoms with Crippen LogP contribution in [0.15, 0.2) is 24.3 Å². The van der Waals surface area contributed by atoms with Crippen LogP contribution in [0, 0.1) is 18.3 Å². The van der Waals surface area contributed by atoms with Crippen LogP contribution in [0.3, 0.4) is 0 Å². The van der Waals surface area contributed by atoms with Crippen molar-refractivity contribution in [1.29, 1.82) is 5.26 Å². The molecule has 16 heavy (non-hydrogen) atoms. The molecule has 1 atom stereocenters. The Kier molecular flexibility index (Phi) is 2.71. The maximum absolute atomic E-state index is 9.51. The molecule has 1 aliphatic rings. The van der Waals surface area contributed by atoms with Crippen molar-refractivity contribution in [2.45, 2.75) is 18.9 Å². The van der Waals surface area contributed by atoms with E-state index in [4.69, 9.17) is 0 Å². The van der Waals surface area contributed by atoms with Gasteiger partial charge in [0.2, 0.25) is 0 Å². The Labute approximate surface area is 96.9 Å². The third-order valence-electron chi connectivity index (χ3n) is 3.58. The summed E-state index contributed by atoms with van der Waals surface area (Å²) in [5.74, 6) is 0. The van der Waals surface area contributed by atoms with Crippen molar-refractivity contribution in [3.05, 3.63) is 35.4 Å². The van der Waals surface area contributed by atoms with Gasteiger partial charge in [0.15, 0.2) is 0 Å². The number of hydrazine groups is 1. The summed E-state index contributed by atoms with van der Waals surface area (Å²) in [7, 11) is 4.00. The van der Waals surface area contributed by atoms with Gasteiger partial charge >= 0.3 is 0 Å². The molecule has 1 aromatic rings. The van der Waals surface area contributed by atoms with Gasteiger partial charge in [-0.1, -0.05) is 29.8 Å². The van der Waals surface area contributed by atoms with Crippen molar-refractivity contribution < 1.29 is 0 Å². The summed E-state index contributed by atoms with van der Waals surface area (Å²) < 4.78 is 0. The zero-order valence-corrected chi connectivity index (χ0v) is 10.1. The zero-order chi connectivity index (χ0) is 11.8. The zero-order valence-electron chi connectivity index (χ0n) is 10.1. The van der Waals surface area contributed by atoms with E-state index in [2.05, 4.69) is 42.3 Å². The standard InChI is InChI=1S/C13H17N3/c1-11-4-6-12(7-5-11)13(10-14)8-9-15(2)16(13)3/h4-7H,8-9H2,1-3H3. The lowest BCUT2D eigenvalue weighted by Gasteiger charge is -2.32. The van der Waals surface area contributed by atoms with Crippen LogP contribution in [0.4, 0.5) is 0 Å². The second-order valence-electron chi connectivity index (χ2n) is 4.49. The summed E-state index contributed by atoms with van der Waals surface area (Å²) in [5, 5.41) is 13.6. The van der Waals surface area contributed by atoms with Crippen LogP contribution in [0.1, 0.15) is 17.5 Å². The molecule has 1 saturated heterocycles. The third kappa shape index (κ3) is 1.51. The molecule has 1 aromatic carbocycles. The highest BCUT2D eigenvalue weighted by molar-refractivity contribution is 5.34. The van der Waals surface area contributed by atoms with E-state index < -0.39 is 5.54 Å². The highest BCUT2D eigenvalue weighted by Crippen LogP contribution is 2.36. The van der Waals surface area contributed by atoms with Crippen LogP contribution in [0.5, 0.6) is 0 Å². The molecule has 0 aliphatic carbocycles. The second kappa shape index (κ2) is 3.89. The predicted octanol–water partition coefficient (Wildman–Crippen LogP) is 1.90. The highest BCUT2D eigenvalue weighted by Gasteiger charge is 2.43. The van der Waals surface area contributed by atoms with Crippen LogP contribution < -0.4 is 0 Å². The Morgan fingerprint density at radius 1 is 1.25 bits per heavy atom. The van der Waals surface area contributed by atoms with Gasteiger partial charge in [0.05, 0.1) is 6.07 Å². The number of nitrogens with zero attached hydrogens (tertiary/aromatic N) is 3. The van der Waals surface area contributed by atoms with Crippen LogP contribution >= 0.6 is 0 Å². The molecular formula is C13H17N3. The van der Waals surface area contributed by atoms with E-state index in [0.29, 0.717) is 0 Å². The van der Waals surface area contributed by atoms with Gasteiger partial charge < -0.3 is 0 Å². The summed E-state index contributed by atoms with van der Waals surface area (Å²) >= 11 is 0. The van der Waals surface area contributed by atoms with Gasteiger partial charge in [0.1, 0.15) is 5.54 Å². The van der Waals surface area contributed by atoms with Gasteiger partial charge in [-0.25, -0.2) is 10.0 Å². The molecule has 3 nitrogen and oxygen atoms in total. The Morgan fingerprint density at radius 3 is 2.31 bits per heavy atom. The Hall–Kier alpha value is -1.37. The fourth-order valence-electron chi connectivity index (χ4n) is 2.28. The number of aryl methyl sites for hydroxylation is 1. The van der Waals surface area contributed by atoms with E-state index in [0.717, 1.165) is 18.5 Å². The van der Waals surface area contributed by atoms with Gasteiger partial charge in [-0.05, 0) is 18.9 Å². The molecule has 1 unspecified atom stereocenters. The summed E-state index contributed by atoms with van der Waals surface area (Å²) in [5.41, 5.74) is 1.83. The minimum absolute atomic E-state index is 0.484. The first-order valence-electron chi connectivity index (χ1n) is 5.53. The average molecular weight is 215 g/mol. The first-order chi connectivity index (χ1) is 7.60. The van der Waals surface area contributed by atoms with Crippen molar-refractivity contribution in [3.8, 4) is 6.07 Å². The fraction of sp³-hybridized carbons (Fsp3) is 0.462. The maximum atomic E-state index is 9.51. The first-order valence-corrected chi connectivity index (χ1v) is 5.53. The monoisotopic (exact) mass is 215 g/mol. The van der Waals surface area contributed by atoms with Crippen molar-refractivity contribution in [2.24, 2.45) is 0 Å². The molecule has 1 heterocycles. The fourth-order valence-corrected chi connectivity index (χ4v) is 2.28. The second-order valence-corrected chi connectivity index (χ2v) is 4.49. The molecule has 1 aliphatic heterocycles. The maximum Gasteiger partial charge on any atom is 0.148 e. The largest absolute Gasteiger partial charge is 0.243 e. The molecule has 0 spiro atoms. The van der Waals surface area contributed by atoms with Crippen LogP contribution in [-0.2, 0) is 5.54 Å². The number of hydrogen-bond donors (Lipinski definition) is 0. The Morgan fingerprint density at radius 2 is 1.88 bits per heavy atom. The van der Waals surface area contributed by atoms with Crippen molar-refractivity contribution in [2.75, 3.05) is 20.6 Å². The molecule has 0 amide bonds. The molecule has 0 bridgehead atoms. The molecule has 2 rings (SSSR count). The van der Waals surface area contributed by atoms with Crippen LogP contribution in [0.25, 0.3) is 0 Å². The van der Waals surface area contributed by atoms with Crippen LogP contribution in [0.2, 0.25) is 0 Å². The van der Waals surface area contributed by atoms with E-state index >= 15 is 0 Å². The number of rotatable bonds is 1. The smallest absolute Gasteiger partial charge is 0.148 e. The van der Waals surface area contributed by atoms with E-state index in [1.807, 2.05) is 19.1 Å². The quantitative estimate of drug-likeness (QED) is 0.716. The minimum Gasteiger partial charge on any atom is -0.243 e. The Bertz CT molecular complexity index is 418. The van der Waals surface area contributed by atoms with Crippen molar-refractivity contribution in [1.82, 2.24) is 10.0 Å². The van der Waals surface area contributed by atoms with Gasteiger partial charge in [-0.2, -0.15) is 5.26 Å².